The third-order valence-electron chi connectivity index (χ3n) is 2.61. The van der Waals surface area contributed by atoms with Gasteiger partial charge in [-0.1, -0.05) is 4.49 Å². The van der Waals surface area contributed by atoms with Gasteiger partial charge in [-0.05, 0) is 37.5 Å². The van der Waals surface area contributed by atoms with Crippen molar-refractivity contribution in [3.8, 4) is 0 Å². The highest BCUT2D eigenvalue weighted by Gasteiger charge is 2.13. The van der Waals surface area contributed by atoms with E-state index in [4.69, 9.17) is 4.74 Å². The fourth-order valence-corrected chi connectivity index (χ4v) is 2.14. The van der Waals surface area contributed by atoms with Gasteiger partial charge in [-0.2, -0.15) is 0 Å². The maximum absolute atomic E-state index is 11.5. The van der Waals surface area contributed by atoms with Gasteiger partial charge >= 0.3 is 0 Å². The number of hydrogen-bond donors (Lipinski definition) is 2. The van der Waals surface area contributed by atoms with Gasteiger partial charge < -0.3 is 15.4 Å². The molecule has 0 spiro atoms. The van der Waals surface area contributed by atoms with Gasteiger partial charge in [0.05, 0.1) is 18.9 Å². The van der Waals surface area contributed by atoms with Crippen LogP contribution in [0.25, 0.3) is 0 Å². The molecule has 1 saturated heterocycles. The molecule has 0 aliphatic carbocycles. The second kappa shape index (κ2) is 6.63. The molecule has 0 atom stereocenters. The Labute approximate surface area is 104 Å². The summed E-state index contributed by atoms with van der Waals surface area (Å²) in [4.78, 5) is 12.0. The van der Waals surface area contributed by atoms with Gasteiger partial charge in [0.15, 0.2) is 0 Å². The van der Waals surface area contributed by atoms with Crippen LogP contribution in [0.15, 0.2) is 6.20 Å². The third-order valence-corrected chi connectivity index (χ3v) is 3.28. The highest BCUT2D eigenvalue weighted by atomic mass is 32.1. The molecule has 0 aromatic carbocycles. The molecule has 0 radical (unpaired) electrons. The SMILES string of the molecule is O=C(NCCOC1CCNCC1)c1cnns1. The van der Waals surface area contributed by atoms with Crippen molar-refractivity contribution in [1.82, 2.24) is 20.2 Å². The van der Waals surface area contributed by atoms with Crippen molar-refractivity contribution in [1.29, 1.82) is 0 Å². The van der Waals surface area contributed by atoms with Crippen molar-refractivity contribution in [2.24, 2.45) is 0 Å². The number of rotatable bonds is 5. The van der Waals surface area contributed by atoms with E-state index in [-0.39, 0.29) is 5.91 Å². The Morgan fingerprint density at radius 3 is 3.12 bits per heavy atom. The highest BCUT2D eigenvalue weighted by molar-refractivity contribution is 7.07. The van der Waals surface area contributed by atoms with Crippen LogP contribution in [0.5, 0.6) is 0 Å². The molecule has 1 aliphatic rings. The van der Waals surface area contributed by atoms with Crippen LogP contribution in [0.4, 0.5) is 0 Å². The molecule has 1 aliphatic heterocycles. The molecule has 1 aromatic heterocycles. The topological polar surface area (TPSA) is 76.1 Å². The normalized spacial score (nSPS) is 16.9. The lowest BCUT2D eigenvalue weighted by molar-refractivity contribution is 0.0343. The lowest BCUT2D eigenvalue weighted by Gasteiger charge is -2.22. The average Bonchev–Trinajstić information content (AvgIpc) is 2.89. The summed E-state index contributed by atoms with van der Waals surface area (Å²) in [6.45, 7) is 3.12. The molecule has 17 heavy (non-hydrogen) atoms. The lowest BCUT2D eigenvalue weighted by atomic mass is 10.1. The lowest BCUT2D eigenvalue weighted by Crippen LogP contribution is -2.34. The zero-order valence-corrected chi connectivity index (χ0v) is 10.3. The second-order valence-electron chi connectivity index (χ2n) is 3.86. The van der Waals surface area contributed by atoms with Crippen LogP contribution < -0.4 is 10.6 Å². The molecule has 1 aromatic rings. The van der Waals surface area contributed by atoms with E-state index in [0.29, 0.717) is 24.1 Å². The first-order valence-corrected chi connectivity index (χ1v) is 6.51. The third kappa shape index (κ3) is 4.03. The maximum atomic E-state index is 11.5. The summed E-state index contributed by atoms with van der Waals surface area (Å²) in [5.74, 6) is -0.131. The Balaban J connectivity index is 1.58. The first-order valence-electron chi connectivity index (χ1n) is 5.74. The summed E-state index contributed by atoms with van der Waals surface area (Å²) in [7, 11) is 0. The monoisotopic (exact) mass is 256 g/mol. The zero-order chi connectivity index (χ0) is 11.9. The van der Waals surface area contributed by atoms with Crippen molar-refractivity contribution in [3.05, 3.63) is 11.1 Å². The predicted molar refractivity (Wildman–Crippen MR) is 64.1 cm³/mol. The van der Waals surface area contributed by atoms with Crippen molar-refractivity contribution < 1.29 is 9.53 Å². The zero-order valence-electron chi connectivity index (χ0n) is 9.52. The number of aromatic nitrogens is 2. The standard InChI is InChI=1S/C10H16N4O2S/c15-10(9-7-13-14-17-9)12-5-6-16-8-1-3-11-4-2-8/h7-8,11H,1-6H2,(H,12,15). The molecule has 6 nitrogen and oxygen atoms in total. The van der Waals surface area contributed by atoms with E-state index < -0.39 is 0 Å². The van der Waals surface area contributed by atoms with Crippen molar-refractivity contribution in [2.75, 3.05) is 26.2 Å². The summed E-state index contributed by atoms with van der Waals surface area (Å²) in [5, 5.41) is 9.67. The highest BCUT2D eigenvalue weighted by Crippen LogP contribution is 2.06. The number of nitrogens with zero attached hydrogens (tertiary/aromatic N) is 2. The number of ether oxygens (including phenoxy) is 1. The maximum Gasteiger partial charge on any atom is 0.264 e. The van der Waals surface area contributed by atoms with Crippen LogP contribution in [0.3, 0.4) is 0 Å². The molecule has 2 rings (SSSR count). The van der Waals surface area contributed by atoms with E-state index in [2.05, 4.69) is 20.2 Å². The van der Waals surface area contributed by atoms with Crippen LogP contribution in [0.1, 0.15) is 22.5 Å². The molecule has 7 heteroatoms. The minimum Gasteiger partial charge on any atom is -0.376 e. The average molecular weight is 256 g/mol. The van der Waals surface area contributed by atoms with Gasteiger partial charge in [0.1, 0.15) is 4.88 Å². The Morgan fingerprint density at radius 1 is 1.59 bits per heavy atom. The summed E-state index contributed by atoms with van der Waals surface area (Å²) >= 11 is 1.09. The Bertz CT molecular complexity index is 338. The molecule has 94 valence electrons. The van der Waals surface area contributed by atoms with E-state index in [1.165, 1.54) is 6.20 Å². The quantitative estimate of drug-likeness (QED) is 0.727. The molecule has 2 heterocycles. The fraction of sp³-hybridized carbons (Fsp3) is 0.700. The number of nitrogens with one attached hydrogen (secondary N) is 2. The molecular weight excluding hydrogens is 240 g/mol. The summed E-state index contributed by atoms with van der Waals surface area (Å²) in [6, 6.07) is 0. The van der Waals surface area contributed by atoms with Crippen molar-refractivity contribution in [2.45, 2.75) is 18.9 Å². The second-order valence-corrected chi connectivity index (χ2v) is 4.64. The van der Waals surface area contributed by atoms with Gasteiger partial charge in [-0.15, -0.1) is 5.10 Å². The number of hydrogen-bond acceptors (Lipinski definition) is 6. The summed E-state index contributed by atoms with van der Waals surface area (Å²) < 4.78 is 9.31. The van der Waals surface area contributed by atoms with E-state index in [9.17, 15) is 4.79 Å². The van der Waals surface area contributed by atoms with Gasteiger partial charge in [0, 0.05) is 6.54 Å². The number of amides is 1. The minimum atomic E-state index is -0.131. The van der Waals surface area contributed by atoms with E-state index in [1.54, 1.807) is 0 Å². The van der Waals surface area contributed by atoms with E-state index >= 15 is 0 Å². The molecule has 0 bridgehead atoms. The molecule has 1 amide bonds. The first kappa shape index (κ1) is 12.4. The van der Waals surface area contributed by atoms with E-state index in [1.807, 2.05) is 0 Å². The Hall–Kier alpha value is -1.05. The van der Waals surface area contributed by atoms with Crippen LogP contribution in [0, 0.1) is 0 Å². The molecule has 2 N–H and O–H groups in total. The predicted octanol–water partition coefficient (Wildman–Crippen LogP) is 0.0365. The van der Waals surface area contributed by atoms with Crippen LogP contribution >= 0.6 is 11.5 Å². The summed E-state index contributed by atoms with van der Waals surface area (Å²) in [5.41, 5.74) is 0. The van der Waals surface area contributed by atoms with Crippen molar-refractivity contribution in [3.63, 3.8) is 0 Å². The fourth-order valence-electron chi connectivity index (χ4n) is 1.71. The first-order chi connectivity index (χ1) is 8.36. The van der Waals surface area contributed by atoms with Crippen LogP contribution in [-0.2, 0) is 4.74 Å². The Morgan fingerprint density at radius 2 is 2.41 bits per heavy atom. The minimum absolute atomic E-state index is 0.131. The van der Waals surface area contributed by atoms with Crippen LogP contribution in [0.2, 0.25) is 0 Å². The number of piperidine rings is 1. The van der Waals surface area contributed by atoms with Gasteiger partial charge in [-0.3, -0.25) is 4.79 Å². The van der Waals surface area contributed by atoms with Gasteiger partial charge in [0.25, 0.3) is 5.91 Å². The van der Waals surface area contributed by atoms with Gasteiger partial charge in [-0.25, -0.2) is 0 Å². The molecule has 1 fully saturated rings. The molecule has 0 unspecified atom stereocenters. The Kier molecular flexibility index (Phi) is 4.84. The number of carbonyl (C=O) groups excluding carboxylic acids is 1. The number of carbonyl (C=O) groups is 1. The molecular formula is C10H16N4O2S. The van der Waals surface area contributed by atoms with Crippen LogP contribution in [-0.4, -0.2) is 47.8 Å². The summed E-state index contributed by atoms with van der Waals surface area (Å²) in [6.07, 6.45) is 3.89. The smallest absolute Gasteiger partial charge is 0.264 e. The largest absolute Gasteiger partial charge is 0.376 e. The van der Waals surface area contributed by atoms with Gasteiger partial charge in [0.2, 0.25) is 0 Å². The molecule has 0 saturated carbocycles. The van der Waals surface area contributed by atoms with Crippen molar-refractivity contribution >= 4 is 17.4 Å². The van der Waals surface area contributed by atoms with E-state index in [0.717, 1.165) is 37.5 Å².